The number of benzene rings is 2. The summed E-state index contributed by atoms with van der Waals surface area (Å²) in [7, 11) is 0. The van der Waals surface area contributed by atoms with E-state index in [0.29, 0.717) is 25.3 Å². The Bertz CT molecular complexity index is 723. The highest BCUT2D eigenvalue weighted by atomic mass is 16.2. The minimum atomic E-state index is -0.0319. The Kier molecular flexibility index (Phi) is 7.03. The molecule has 0 bridgehead atoms. The number of rotatable bonds is 7. The van der Waals surface area contributed by atoms with E-state index in [4.69, 9.17) is 0 Å². The van der Waals surface area contributed by atoms with Crippen LogP contribution in [-0.4, -0.2) is 36.3 Å². The molecule has 1 saturated heterocycles. The summed E-state index contributed by atoms with van der Waals surface area (Å²) >= 11 is 0. The standard InChI is InChI=1S/C23H28N2O2/c26-22(18-20-9-5-2-6-10-20)24-14-11-23(27)25-15-12-21(13-16-25)17-19-7-3-1-4-8-19/h1-10,21H,11-18H2,(H,24,26). The molecule has 142 valence electrons. The second-order valence-corrected chi connectivity index (χ2v) is 7.28. The topological polar surface area (TPSA) is 49.4 Å². The van der Waals surface area contributed by atoms with Crippen LogP contribution in [0.25, 0.3) is 0 Å². The molecule has 1 aliphatic rings. The van der Waals surface area contributed by atoms with Crippen molar-refractivity contribution in [3.8, 4) is 0 Å². The lowest BCUT2D eigenvalue weighted by atomic mass is 9.90. The average molecular weight is 364 g/mol. The molecule has 1 N–H and O–H groups in total. The van der Waals surface area contributed by atoms with Gasteiger partial charge < -0.3 is 10.2 Å². The fraction of sp³-hybridized carbons (Fsp3) is 0.391. The molecule has 0 aromatic heterocycles. The van der Waals surface area contributed by atoms with Gasteiger partial charge in [0.1, 0.15) is 0 Å². The van der Waals surface area contributed by atoms with Crippen molar-refractivity contribution < 1.29 is 9.59 Å². The second kappa shape index (κ2) is 9.91. The number of nitrogens with one attached hydrogen (secondary N) is 1. The first-order valence-electron chi connectivity index (χ1n) is 9.83. The largest absolute Gasteiger partial charge is 0.355 e. The summed E-state index contributed by atoms with van der Waals surface area (Å²) in [5.74, 6) is 0.769. The SMILES string of the molecule is O=C(Cc1ccccc1)NCCC(=O)N1CCC(Cc2ccccc2)CC1. The molecular formula is C23H28N2O2. The lowest BCUT2D eigenvalue weighted by Crippen LogP contribution is -2.40. The Morgan fingerprint density at radius 1 is 0.889 bits per heavy atom. The number of carbonyl (C=O) groups is 2. The molecule has 1 aliphatic heterocycles. The van der Waals surface area contributed by atoms with E-state index in [9.17, 15) is 9.59 Å². The van der Waals surface area contributed by atoms with Gasteiger partial charge in [0.25, 0.3) is 0 Å². The van der Waals surface area contributed by atoms with Gasteiger partial charge in [-0.15, -0.1) is 0 Å². The first kappa shape index (κ1) is 19.2. The van der Waals surface area contributed by atoms with Crippen LogP contribution in [0.3, 0.4) is 0 Å². The van der Waals surface area contributed by atoms with E-state index in [1.54, 1.807) is 0 Å². The molecule has 0 saturated carbocycles. The third kappa shape index (κ3) is 6.24. The molecule has 2 amide bonds. The molecule has 0 unspecified atom stereocenters. The highest BCUT2D eigenvalue weighted by Gasteiger charge is 2.22. The Hall–Kier alpha value is -2.62. The quantitative estimate of drug-likeness (QED) is 0.820. The Balaban J connectivity index is 1.33. The molecule has 0 aliphatic carbocycles. The van der Waals surface area contributed by atoms with Crippen molar-refractivity contribution in [2.24, 2.45) is 5.92 Å². The lowest BCUT2D eigenvalue weighted by Gasteiger charge is -2.32. The Morgan fingerprint density at radius 2 is 1.48 bits per heavy atom. The third-order valence-corrected chi connectivity index (χ3v) is 5.20. The van der Waals surface area contributed by atoms with Gasteiger partial charge in [-0.25, -0.2) is 0 Å². The number of piperidine rings is 1. The fourth-order valence-electron chi connectivity index (χ4n) is 3.64. The van der Waals surface area contributed by atoms with Crippen LogP contribution >= 0.6 is 0 Å². The van der Waals surface area contributed by atoms with Crippen LogP contribution in [0.4, 0.5) is 0 Å². The maximum atomic E-state index is 12.4. The van der Waals surface area contributed by atoms with E-state index in [2.05, 4.69) is 29.6 Å². The summed E-state index contributed by atoms with van der Waals surface area (Å²) in [5, 5.41) is 2.86. The fourth-order valence-corrected chi connectivity index (χ4v) is 3.64. The molecule has 0 spiro atoms. The van der Waals surface area contributed by atoms with E-state index in [1.165, 1.54) is 5.56 Å². The molecule has 4 nitrogen and oxygen atoms in total. The van der Waals surface area contributed by atoms with Crippen LogP contribution in [0.2, 0.25) is 0 Å². The van der Waals surface area contributed by atoms with Crippen LogP contribution in [-0.2, 0) is 22.4 Å². The first-order valence-corrected chi connectivity index (χ1v) is 9.83. The lowest BCUT2D eigenvalue weighted by molar-refractivity contribution is -0.132. The zero-order valence-electron chi connectivity index (χ0n) is 15.8. The molecule has 4 heteroatoms. The first-order chi connectivity index (χ1) is 13.2. The van der Waals surface area contributed by atoms with Crippen molar-refractivity contribution in [3.05, 3.63) is 71.8 Å². The molecule has 0 radical (unpaired) electrons. The second-order valence-electron chi connectivity index (χ2n) is 7.28. The molecule has 1 fully saturated rings. The summed E-state index contributed by atoms with van der Waals surface area (Å²) in [6, 6.07) is 20.2. The molecule has 27 heavy (non-hydrogen) atoms. The summed E-state index contributed by atoms with van der Waals surface area (Å²) in [6.45, 7) is 2.07. The van der Waals surface area contributed by atoms with Crippen molar-refractivity contribution in [3.63, 3.8) is 0 Å². The van der Waals surface area contributed by atoms with Crippen molar-refractivity contribution >= 4 is 11.8 Å². The van der Waals surface area contributed by atoms with Gasteiger partial charge in [0.05, 0.1) is 6.42 Å². The van der Waals surface area contributed by atoms with Crippen LogP contribution in [0.15, 0.2) is 60.7 Å². The van der Waals surface area contributed by atoms with Crippen molar-refractivity contribution in [1.82, 2.24) is 10.2 Å². The maximum absolute atomic E-state index is 12.4. The third-order valence-electron chi connectivity index (χ3n) is 5.20. The molecular weight excluding hydrogens is 336 g/mol. The number of hydrogen-bond donors (Lipinski definition) is 1. The summed E-state index contributed by atoms with van der Waals surface area (Å²) in [5.41, 5.74) is 2.37. The number of nitrogens with zero attached hydrogens (tertiary/aromatic N) is 1. The molecule has 2 aromatic rings. The van der Waals surface area contributed by atoms with E-state index in [-0.39, 0.29) is 11.8 Å². The van der Waals surface area contributed by atoms with Crippen LogP contribution in [0, 0.1) is 5.92 Å². The predicted octanol–water partition coefficient (Wildman–Crippen LogP) is 3.22. The predicted molar refractivity (Wildman–Crippen MR) is 107 cm³/mol. The maximum Gasteiger partial charge on any atom is 0.224 e. The summed E-state index contributed by atoms with van der Waals surface area (Å²) < 4.78 is 0. The van der Waals surface area contributed by atoms with Crippen molar-refractivity contribution in [2.45, 2.75) is 32.1 Å². The molecule has 2 aromatic carbocycles. The van der Waals surface area contributed by atoms with Gasteiger partial charge in [0.15, 0.2) is 0 Å². The van der Waals surface area contributed by atoms with E-state index >= 15 is 0 Å². The monoisotopic (exact) mass is 364 g/mol. The van der Waals surface area contributed by atoms with Crippen molar-refractivity contribution in [1.29, 1.82) is 0 Å². The van der Waals surface area contributed by atoms with Gasteiger partial charge in [-0.05, 0) is 36.3 Å². The molecule has 3 rings (SSSR count). The van der Waals surface area contributed by atoms with Crippen molar-refractivity contribution in [2.75, 3.05) is 19.6 Å². The van der Waals surface area contributed by atoms with Gasteiger partial charge >= 0.3 is 0 Å². The summed E-state index contributed by atoms with van der Waals surface area (Å²) in [6.07, 6.45) is 3.95. The van der Waals surface area contributed by atoms with E-state index < -0.39 is 0 Å². The minimum Gasteiger partial charge on any atom is -0.355 e. The van der Waals surface area contributed by atoms with Gasteiger partial charge in [-0.3, -0.25) is 9.59 Å². The molecule has 1 heterocycles. The van der Waals surface area contributed by atoms with Crippen LogP contribution in [0.5, 0.6) is 0 Å². The van der Waals surface area contributed by atoms with Crippen LogP contribution < -0.4 is 5.32 Å². The van der Waals surface area contributed by atoms with Gasteiger partial charge in [-0.1, -0.05) is 60.7 Å². The Morgan fingerprint density at radius 3 is 2.11 bits per heavy atom. The Labute approximate surface area is 161 Å². The average Bonchev–Trinajstić information content (AvgIpc) is 2.70. The van der Waals surface area contributed by atoms with Gasteiger partial charge in [-0.2, -0.15) is 0 Å². The highest BCUT2D eigenvalue weighted by molar-refractivity contribution is 5.80. The van der Waals surface area contributed by atoms with Crippen LogP contribution in [0.1, 0.15) is 30.4 Å². The van der Waals surface area contributed by atoms with E-state index in [0.717, 1.165) is 37.9 Å². The summed E-state index contributed by atoms with van der Waals surface area (Å²) in [4.78, 5) is 26.3. The zero-order chi connectivity index (χ0) is 18.9. The number of carbonyl (C=O) groups excluding carboxylic acids is 2. The van der Waals surface area contributed by atoms with E-state index in [1.807, 2.05) is 41.3 Å². The smallest absolute Gasteiger partial charge is 0.224 e. The minimum absolute atomic E-state index is 0.0319. The number of likely N-dealkylation sites (tertiary alicyclic amines) is 1. The normalized spacial score (nSPS) is 14.7. The molecule has 0 atom stereocenters. The number of amides is 2. The highest BCUT2D eigenvalue weighted by Crippen LogP contribution is 2.22. The number of hydrogen-bond acceptors (Lipinski definition) is 2. The zero-order valence-corrected chi connectivity index (χ0v) is 15.8. The van der Waals surface area contributed by atoms with Gasteiger partial charge in [0, 0.05) is 26.1 Å². The van der Waals surface area contributed by atoms with Gasteiger partial charge in [0.2, 0.25) is 11.8 Å².